The molecule has 3 aromatic rings. The van der Waals surface area contributed by atoms with E-state index in [0.717, 1.165) is 48.7 Å². The van der Waals surface area contributed by atoms with Gasteiger partial charge < -0.3 is 14.6 Å². The van der Waals surface area contributed by atoms with Crippen LogP contribution in [-0.4, -0.2) is 27.9 Å². The van der Waals surface area contributed by atoms with E-state index in [1.54, 1.807) is 12.0 Å². The number of rotatable bonds is 5. The fraction of sp³-hybridized carbons (Fsp3) is 0.348. The van der Waals surface area contributed by atoms with Crippen molar-refractivity contribution in [3.8, 4) is 5.75 Å². The van der Waals surface area contributed by atoms with Crippen LogP contribution in [0.3, 0.4) is 0 Å². The summed E-state index contributed by atoms with van der Waals surface area (Å²) in [6, 6.07) is 15.0. The molecule has 7 heteroatoms. The smallest absolute Gasteiger partial charge is 0.326 e. The molecule has 156 valence electrons. The summed E-state index contributed by atoms with van der Waals surface area (Å²) >= 11 is 0. The average molecular weight is 406 g/mol. The minimum atomic E-state index is -0.240. The highest BCUT2D eigenvalue weighted by molar-refractivity contribution is 6.02. The van der Waals surface area contributed by atoms with Crippen LogP contribution >= 0.6 is 0 Å². The second-order valence-electron chi connectivity index (χ2n) is 7.55. The highest BCUT2D eigenvalue weighted by Crippen LogP contribution is 2.30. The Kier molecular flexibility index (Phi) is 5.97. The van der Waals surface area contributed by atoms with Crippen molar-refractivity contribution in [3.05, 3.63) is 65.7 Å². The Morgan fingerprint density at radius 3 is 2.83 bits per heavy atom. The summed E-state index contributed by atoms with van der Waals surface area (Å²) in [5.41, 5.74) is 2.52. The molecular weight excluding hydrogens is 378 g/mol. The van der Waals surface area contributed by atoms with Gasteiger partial charge in [-0.25, -0.2) is 4.79 Å². The van der Waals surface area contributed by atoms with E-state index in [9.17, 15) is 4.79 Å². The van der Waals surface area contributed by atoms with Gasteiger partial charge in [0, 0.05) is 18.7 Å². The number of fused-ring (bicyclic) bond motifs is 1. The van der Waals surface area contributed by atoms with Crippen LogP contribution in [0, 0.1) is 6.92 Å². The molecule has 2 amide bonds. The third-order valence-corrected chi connectivity index (χ3v) is 5.38. The molecule has 0 unspecified atom stereocenters. The minimum Gasteiger partial charge on any atom is -0.495 e. The number of carbonyl (C=O) groups excluding carboxylic acids is 1. The first-order chi connectivity index (χ1) is 14.7. The number of para-hydroxylation sites is 2. The lowest BCUT2D eigenvalue weighted by atomic mass is 10.2. The Morgan fingerprint density at radius 2 is 2.00 bits per heavy atom. The molecule has 0 spiro atoms. The highest BCUT2D eigenvalue weighted by Gasteiger charge is 2.24. The van der Waals surface area contributed by atoms with Crippen LogP contribution in [0.5, 0.6) is 5.75 Å². The number of urea groups is 1. The number of amides is 2. The summed E-state index contributed by atoms with van der Waals surface area (Å²) in [5.74, 6) is 2.42. The van der Waals surface area contributed by atoms with Crippen molar-refractivity contribution in [1.29, 1.82) is 0 Å². The zero-order valence-corrected chi connectivity index (χ0v) is 17.5. The topological polar surface area (TPSA) is 72.3 Å². The molecule has 0 bridgehead atoms. The van der Waals surface area contributed by atoms with Crippen molar-refractivity contribution in [3.63, 3.8) is 0 Å². The second kappa shape index (κ2) is 8.98. The summed E-state index contributed by atoms with van der Waals surface area (Å²) in [7, 11) is 1.61. The van der Waals surface area contributed by atoms with Gasteiger partial charge in [-0.1, -0.05) is 30.7 Å². The maximum absolute atomic E-state index is 13.4. The predicted molar refractivity (Wildman–Crippen MR) is 117 cm³/mol. The molecule has 30 heavy (non-hydrogen) atoms. The van der Waals surface area contributed by atoms with Crippen molar-refractivity contribution in [1.82, 2.24) is 14.8 Å². The first-order valence-corrected chi connectivity index (χ1v) is 10.3. The van der Waals surface area contributed by atoms with Crippen LogP contribution in [-0.2, 0) is 19.5 Å². The zero-order chi connectivity index (χ0) is 20.9. The summed E-state index contributed by atoms with van der Waals surface area (Å²) in [5, 5.41) is 11.8. The largest absolute Gasteiger partial charge is 0.495 e. The Morgan fingerprint density at radius 1 is 1.13 bits per heavy atom. The van der Waals surface area contributed by atoms with Crippen LogP contribution < -0.4 is 15.0 Å². The maximum Gasteiger partial charge on any atom is 0.326 e. The van der Waals surface area contributed by atoms with Gasteiger partial charge in [-0.3, -0.25) is 4.90 Å². The summed E-state index contributed by atoms with van der Waals surface area (Å²) < 4.78 is 7.70. The van der Waals surface area contributed by atoms with Gasteiger partial charge in [0.05, 0.1) is 19.3 Å². The molecule has 7 nitrogen and oxygen atoms in total. The number of methoxy groups -OCH3 is 1. The molecule has 1 aliphatic heterocycles. The number of carbonyl (C=O) groups is 1. The Labute approximate surface area is 176 Å². The number of hydrogen-bond acceptors (Lipinski definition) is 4. The number of aryl methyl sites for hydroxylation is 2. The number of benzene rings is 2. The average Bonchev–Trinajstić information content (AvgIpc) is 2.97. The molecule has 1 aromatic heterocycles. The normalized spacial score (nSPS) is 13.3. The van der Waals surface area contributed by atoms with E-state index < -0.39 is 0 Å². The molecule has 2 aromatic carbocycles. The van der Waals surface area contributed by atoms with Gasteiger partial charge in [0.1, 0.15) is 11.6 Å². The van der Waals surface area contributed by atoms with Crippen molar-refractivity contribution in [2.24, 2.45) is 0 Å². The van der Waals surface area contributed by atoms with Crippen molar-refractivity contribution < 1.29 is 9.53 Å². The molecule has 0 saturated carbocycles. The van der Waals surface area contributed by atoms with Gasteiger partial charge in [-0.15, -0.1) is 10.2 Å². The molecule has 1 N–H and O–H groups in total. The van der Waals surface area contributed by atoms with Crippen LogP contribution in [0.4, 0.5) is 16.2 Å². The third kappa shape index (κ3) is 4.30. The Bertz CT molecular complexity index is 1030. The Balaban J connectivity index is 1.67. The summed E-state index contributed by atoms with van der Waals surface area (Å²) in [6.45, 7) is 3.20. The van der Waals surface area contributed by atoms with Crippen molar-refractivity contribution in [2.75, 3.05) is 17.3 Å². The van der Waals surface area contributed by atoms with E-state index in [0.29, 0.717) is 18.0 Å². The molecule has 4 rings (SSSR count). The molecular formula is C23H27N5O2. The minimum absolute atomic E-state index is 0.240. The van der Waals surface area contributed by atoms with Crippen molar-refractivity contribution >= 4 is 17.4 Å². The van der Waals surface area contributed by atoms with Crippen LogP contribution in [0.25, 0.3) is 0 Å². The van der Waals surface area contributed by atoms with E-state index >= 15 is 0 Å². The number of anilines is 2. The summed E-state index contributed by atoms with van der Waals surface area (Å²) in [4.78, 5) is 15.0. The molecule has 0 aliphatic carbocycles. The maximum atomic E-state index is 13.4. The van der Waals surface area contributed by atoms with Gasteiger partial charge in [0.25, 0.3) is 0 Å². The lowest BCUT2D eigenvalue weighted by Gasteiger charge is -2.25. The number of ether oxygens (including phenoxy) is 1. The Hall–Kier alpha value is -3.35. The number of aromatic nitrogens is 3. The van der Waals surface area contributed by atoms with E-state index in [4.69, 9.17) is 4.74 Å². The van der Waals surface area contributed by atoms with Gasteiger partial charge in [-0.2, -0.15) is 0 Å². The molecule has 2 heterocycles. The fourth-order valence-corrected chi connectivity index (χ4v) is 3.84. The lowest BCUT2D eigenvalue weighted by Crippen LogP contribution is -2.35. The van der Waals surface area contributed by atoms with E-state index in [1.165, 1.54) is 6.42 Å². The summed E-state index contributed by atoms with van der Waals surface area (Å²) in [6.07, 6.45) is 4.34. The lowest BCUT2D eigenvalue weighted by molar-refractivity contribution is 0.256. The zero-order valence-electron chi connectivity index (χ0n) is 17.5. The van der Waals surface area contributed by atoms with E-state index in [2.05, 4.69) is 20.1 Å². The predicted octanol–water partition coefficient (Wildman–Crippen LogP) is 4.56. The fourth-order valence-electron chi connectivity index (χ4n) is 3.84. The number of hydrogen-bond donors (Lipinski definition) is 1. The van der Waals surface area contributed by atoms with E-state index in [-0.39, 0.29) is 6.03 Å². The van der Waals surface area contributed by atoms with Crippen LogP contribution in [0.1, 0.15) is 36.5 Å². The number of nitrogens with zero attached hydrogens (tertiary/aromatic N) is 4. The standard InChI is InChI=1S/C23H27N5O2/c1-17-9-8-10-18(15-17)24-23(29)28(19-11-5-6-12-20(19)30-2)16-22-26-25-21-13-4-3-7-14-27(21)22/h5-6,8-12,15H,3-4,7,13-14,16H2,1-2H3,(H,24,29). The molecule has 0 saturated heterocycles. The molecule has 0 fully saturated rings. The molecule has 0 atom stereocenters. The second-order valence-corrected chi connectivity index (χ2v) is 7.55. The molecule has 1 aliphatic rings. The van der Waals surface area contributed by atoms with Gasteiger partial charge in [0.15, 0.2) is 5.82 Å². The molecule has 0 radical (unpaired) electrons. The van der Waals surface area contributed by atoms with Gasteiger partial charge in [0.2, 0.25) is 0 Å². The highest BCUT2D eigenvalue weighted by atomic mass is 16.5. The van der Waals surface area contributed by atoms with Crippen LogP contribution in [0.15, 0.2) is 48.5 Å². The van der Waals surface area contributed by atoms with Crippen LogP contribution in [0.2, 0.25) is 0 Å². The van der Waals surface area contributed by atoms with Crippen molar-refractivity contribution in [2.45, 2.75) is 45.7 Å². The number of nitrogens with one attached hydrogen (secondary N) is 1. The monoisotopic (exact) mass is 405 g/mol. The first-order valence-electron chi connectivity index (χ1n) is 10.3. The third-order valence-electron chi connectivity index (χ3n) is 5.38. The SMILES string of the molecule is COc1ccccc1N(Cc1nnc2n1CCCCC2)C(=O)Nc1cccc(C)c1. The van der Waals surface area contributed by atoms with E-state index in [1.807, 2.05) is 55.5 Å². The first kappa shape index (κ1) is 19.9. The quantitative estimate of drug-likeness (QED) is 0.675. The van der Waals surface area contributed by atoms with Gasteiger partial charge >= 0.3 is 6.03 Å². The van der Waals surface area contributed by atoms with Gasteiger partial charge in [-0.05, 0) is 49.6 Å².